The maximum atomic E-state index is 4.59. The van der Waals surface area contributed by atoms with Gasteiger partial charge in [-0.15, -0.1) is 24.0 Å². The highest BCUT2D eigenvalue weighted by molar-refractivity contribution is 14.0. The number of aliphatic imine (C=N–C) groups is 1. The Morgan fingerprint density at radius 3 is 2.50 bits per heavy atom. The fourth-order valence-corrected chi connectivity index (χ4v) is 1.60. The van der Waals surface area contributed by atoms with Crippen LogP contribution >= 0.6 is 24.0 Å². The number of nitrogens with one attached hydrogen (secondary N) is 2. The standard InChI is InChI=1S/C14H21N3.HI/c1-3-15-14(17-13-8-9-13)16-10-12-6-4-11(2)5-7-12;/h4-7,13H,3,8-10H2,1-2H3,(H2,15,16,17);1H. The van der Waals surface area contributed by atoms with Crippen LogP contribution in [0, 0.1) is 6.92 Å². The van der Waals surface area contributed by atoms with E-state index in [-0.39, 0.29) is 24.0 Å². The molecule has 0 saturated heterocycles. The largest absolute Gasteiger partial charge is 0.357 e. The Balaban J connectivity index is 0.00000162. The minimum atomic E-state index is 0. The smallest absolute Gasteiger partial charge is 0.191 e. The minimum Gasteiger partial charge on any atom is -0.357 e. The Hall–Kier alpha value is -0.780. The van der Waals surface area contributed by atoms with Crippen LogP contribution in [-0.2, 0) is 6.54 Å². The van der Waals surface area contributed by atoms with E-state index in [1.54, 1.807) is 0 Å². The molecular weight excluding hydrogens is 337 g/mol. The molecular formula is C14H22IN3. The molecule has 0 unspecified atom stereocenters. The molecule has 0 amide bonds. The molecule has 0 heterocycles. The molecule has 1 aliphatic carbocycles. The van der Waals surface area contributed by atoms with Crippen molar-refractivity contribution < 1.29 is 0 Å². The first-order chi connectivity index (χ1) is 8.28. The van der Waals surface area contributed by atoms with Gasteiger partial charge in [-0.25, -0.2) is 4.99 Å². The van der Waals surface area contributed by atoms with Crippen molar-refractivity contribution in [1.82, 2.24) is 10.6 Å². The van der Waals surface area contributed by atoms with E-state index in [2.05, 4.69) is 53.7 Å². The van der Waals surface area contributed by atoms with E-state index in [0.717, 1.165) is 19.0 Å². The summed E-state index contributed by atoms with van der Waals surface area (Å²) in [5.74, 6) is 0.940. The molecule has 0 spiro atoms. The summed E-state index contributed by atoms with van der Waals surface area (Å²) in [6.45, 7) is 5.84. The van der Waals surface area contributed by atoms with Crippen molar-refractivity contribution in [3.05, 3.63) is 35.4 Å². The van der Waals surface area contributed by atoms with Crippen LogP contribution in [0.4, 0.5) is 0 Å². The molecule has 0 radical (unpaired) electrons. The molecule has 18 heavy (non-hydrogen) atoms. The molecule has 1 saturated carbocycles. The topological polar surface area (TPSA) is 36.4 Å². The molecule has 0 aromatic heterocycles. The fourth-order valence-electron chi connectivity index (χ4n) is 1.60. The summed E-state index contributed by atoms with van der Waals surface area (Å²) >= 11 is 0. The van der Waals surface area contributed by atoms with Crippen LogP contribution in [0.2, 0.25) is 0 Å². The van der Waals surface area contributed by atoms with Gasteiger partial charge in [0, 0.05) is 12.6 Å². The maximum absolute atomic E-state index is 4.59. The zero-order valence-electron chi connectivity index (χ0n) is 11.1. The Morgan fingerprint density at radius 2 is 1.94 bits per heavy atom. The van der Waals surface area contributed by atoms with Gasteiger partial charge in [-0.3, -0.25) is 0 Å². The molecule has 100 valence electrons. The van der Waals surface area contributed by atoms with Gasteiger partial charge in [0.15, 0.2) is 5.96 Å². The third-order valence-electron chi connectivity index (χ3n) is 2.80. The number of benzene rings is 1. The molecule has 2 N–H and O–H groups in total. The monoisotopic (exact) mass is 359 g/mol. The Kier molecular flexibility index (Phi) is 6.46. The molecule has 1 aromatic carbocycles. The highest BCUT2D eigenvalue weighted by Crippen LogP contribution is 2.18. The van der Waals surface area contributed by atoms with Crippen LogP contribution in [0.15, 0.2) is 29.3 Å². The predicted molar refractivity (Wildman–Crippen MR) is 87.6 cm³/mol. The maximum Gasteiger partial charge on any atom is 0.191 e. The normalized spacial score (nSPS) is 14.9. The van der Waals surface area contributed by atoms with Gasteiger partial charge in [0.25, 0.3) is 0 Å². The molecule has 0 bridgehead atoms. The number of halogens is 1. The summed E-state index contributed by atoms with van der Waals surface area (Å²) in [6, 6.07) is 9.18. The molecule has 0 aliphatic heterocycles. The van der Waals surface area contributed by atoms with Gasteiger partial charge < -0.3 is 10.6 Å². The second kappa shape index (κ2) is 7.61. The third kappa shape index (κ3) is 5.25. The number of aryl methyl sites for hydroxylation is 1. The molecule has 4 heteroatoms. The number of guanidine groups is 1. The van der Waals surface area contributed by atoms with Crippen LogP contribution in [0.3, 0.4) is 0 Å². The van der Waals surface area contributed by atoms with Crippen LogP contribution in [0.5, 0.6) is 0 Å². The van der Waals surface area contributed by atoms with Crippen molar-refractivity contribution in [2.75, 3.05) is 6.54 Å². The summed E-state index contributed by atoms with van der Waals surface area (Å²) in [5.41, 5.74) is 2.55. The zero-order valence-corrected chi connectivity index (χ0v) is 13.4. The van der Waals surface area contributed by atoms with Crippen LogP contribution in [0.25, 0.3) is 0 Å². The highest BCUT2D eigenvalue weighted by atomic mass is 127. The van der Waals surface area contributed by atoms with Gasteiger partial charge in [-0.05, 0) is 32.3 Å². The van der Waals surface area contributed by atoms with E-state index in [4.69, 9.17) is 0 Å². The molecule has 0 atom stereocenters. The van der Waals surface area contributed by atoms with Crippen LogP contribution in [0.1, 0.15) is 30.9 Å². The molecule has 3 nitrogen and oxygen atoms in total. The zero-order chi connectivity index (χ0) is 12.1. The van der Waals surface area contributed by atoms with E-state index in [1.807, 2.05) is 0 Å². The number of nitrogens with zero attached hydrogens (tertiary/aromatic N) is 1. The van der Waals surface area contributed by atoms with E-state index in [0.29, 0.717) is 6.04 Å². The lowest BCUT2D eigenvalue weighted by molar-refractivity contribution is 0.812. The van der Waals surface area contributed by atoms with E-state index < -0.39 is 0 Å². The van der Waals surface area contributed by atoms with Crippen LogP contribution < -0.4 is 10.6 Å². The summed E-state index contributed by atoms with van der Waals surface area (Å²) in [4.78, 5) is 4.59. The summed E-state index contributed by atoms with van der Waals surface area (Å²) < 4.78 is 0. The lowest BCUT2D eigenvalue weighted by atomic mass is 10.1. The molecule has 2 rings (SSSR count). The van der Waals surface area contributed by atoms with Crippen LogP contribution in [-0.4, -0.2) is 18.5 Å². The molecule has 1 fully saturated rings. The third-order valence-corrected chi connectivity index (χ3v) is 2.80. The second-order valence-electron chi connectivity index (χ2n) is 4.60. The first-order valence-electron chi connectivity index (χ1n) is 6.38. The van der Waals surface area contributed by atoms with Crippen molar-refractivity contribution >= 4 is 29.9 Å². The lowest BCUT2D eigenvalue weighted by Gasteiger charge is -2.10. The number of hydrogen-bond donors (Lipinski definition) is 2. The van der Waals surface area contributed by atoms with Gasteiger partial charge in [0.05, 0.1) is 6.54 Å². The summed E-state index contributed by atoms with van der Waals surface area (Å²) in [7, 11) is 0. The average molecular weight is 359 g/mol. The first-order valence-corrected chi connectivity index (χ1v) is 6.38. The summed E-state index contributed by atoms with van der Waals surface area (Å²) in [6.07, 6.45) is 2.55. The highest BCUT2D eigenvalue weighted by Gasteiger charge is 2.21. The van der Waals surface area contributed by atoms with Crippen molar-refractivity contribution in [2.24, 2.45) is 4.99 Å². The van der Waals surface area contributed by atoms with Gasteiger partial charge in [-0.1, -0.05) is 29.8 Å². The Morgan fingerprint density at radius 1 is 1.28 bits per heavy atom. The van der Waals surface area contributed by atoms with Crippen molar-refractivity contribution in [2.45, 2.75) is 39.3 Å². The Labute approximate surface area is 126 Å². The summed E-state index contributed by atoms with van der Waals surface area (Å²) in [5, 5.41) is 6.69. The second-order valence-corrected chi connectivity index (χ2v) is 4.60. The van der Waals surface area contributed by atoms with Gasteiger partial charge in [-0.2, -0.15) is 0 Å². The average Bonchev–Trinajstić information content (AvgIpc) is 3.12. The number of rotatable bonds is 4. The van der Waals surface area contributed by atoms with Gasteiger partial charge in [0.1, 0.15) is 0 Å². The minimum absolute atomic E-state index is 0. The van der Waals surface area contributed by atoms with Crippen molar-refractivity contribution in [3.8, 4) is 0 Å². The van der Waals surface area contributed by atoms with E-state index in [1.165, 1.54) is 24.0 Å². The SMILES string of the molecule is CCNC(=NCc1ccc(C)cc1)NC1CC1.I. The lowest BCUT2D eigenvalue weighted by Crippen LogP contribution is -2.38. The predicted octanol–water partition coefficient (Wildman–Crippen LogP) is 2.83. The molecule has 1 aromatic rings. The molecule has 1 aliphatic rings. The first kappa shape index (κ1) is 15.3. The fraction of sp³-hybridized carbons (Fsp3) is 0.500. The Bertz CT molecular complexity index is 383. The van der Waals surface area contributed by atoms with Gasteiger partial charge >= 0.3 is 0 Å². The van der Waals surface area contributed by atoms with Crippen molar-refractivity contribution in [1.29, 1.82) is 0 Å². The number of hydrogen-bond acceptors (Lipinski definition) is 1. The van der Waals surface area contributed by atoms with Crippen molar-refractivity contribution in [3.63, 3.8) is 0 Å². The van der Waals surface area contributed by atoms with E-state index in [9.17, 15) is 0 Å². The van der Waals surface area contributed by atoms with Gasteiger partial charge in [0.2, 0.25) is 0 Å². The quantitative estimate of drug-likeness (QED) is 0.493. The van der Waals surface area contributed by atoms with E-state index >= 15 is 0 Å².